The first-order valence-electron chi connectivity index (χ1n) is 3.37. The first kappa shape index (κ1) is 7.72. The van der Waals surface area contributed by atoms with Crippen LogP contribution in [0.15, 0.2) is 28.4 Å². The lowest BCUT2D eigenvalue weighted by molar-refractivity contribution is 1.35. The second-order valence-electron chi connectivity index (χ2n) is 2.42. The zero-order valence-electron chi connectivity index (χ0n) is 6.68. The van der Waals surface area contributed by atoms with Gasteiger partial charge in [0.1, 0.15) is 5.71 Å². The maximum Gasteiger partial charge on any atom is 0.105 e. The Morgan fingerprint density at radius 1 is 1.45 bits per heavy atom. The molecule has 1 rings (SSSR count). The number of rotatable bonds is 0. The molecule has 3 heteroatoms. The van der Waals surface area contributed by atoms with Gasteiger partial charge in [0.2, 0.25) is 0 Å². The highest BCUT2D eigenvalue weighted by atomic mass is 14.8. The van der Waals surface area contributed by atoms with Crippen molar-refractivity contribution in [2.24, 2.45) is 10.7 Å². The molecule has 0 saturated carbocycles. The molecule has 0 saturated heterocycles. The highest BCUT2D eigenvalue weighted by molar-refractivity contribution is 6.52. The van der Waals surface area contributed by atoms with Gasteiger partial charge in [-0.15, -0.1) is 0 Å². The quantitative estimate of drug-likeness (QED) is 0.493. The number of allylic oxidation sites excluding steroid dienone is 4. The number of nitrogens with two attached hydrogens (primary N) is 1. The van der Waals surface area contributed by atoms with E-state index in [1.165, 1.54) is 0 Å². The number of nitrogens with one attached hydrogen (secondary N) is 1. The lowest BCUT2D eigenvalue weighted by atomic mass is 10.00. The van der Waals surface area contributed by atoms with Crippen LogP contribution in [0.3, 0.4) is 0 Å². The molecule has 0 aliphatic heterocycles. The second kappa shape index (κ2) is 2.70. The van der Waals surface area contributed by atoms with E-state index in [2.05, 4.69) is 4.99 Å². The summed E-state index contributed by atoms with van der Waals surface area (Å²) in [5.74, 6) is 0. The molecular weight excluding hydrogens is 138 g/mol. The van der Waals surface area contributed by atoms with Crippen molar-refractivity contribution < 1.29 is 0 Å². The van der Waals surface area contributed by atoms with Gasteiger partial charge in [-0.1, -0.05) is 6.08 Å². The Kier molecular flexibility index (Phi) is 1.89. The van der Waals surface area contributed by atoms with Crippen LogP contribution in [0.25, 0.3) is 0 Å². The molecule has 3 nitrogen and oxygen atoms in total. The molecule has 1 aliphatic carbocycles. The second-order valence-corrected chi connectivity index (χ2v) is 2.42. The van der Waals surface area contributed by atoms with Crippen molar-refractivity contribution in [2.45, 2.75) is 6.92 Å². The summed E-state index contributed by atoms with van der Waals surface area (Å²) in [7, 11) is 1.64. The lowest BCUT2D eigenvalue weighted by Gasteiger charge is -2.11. The van der Waals surface area contributed by atoms with Gasteiger partial charge in [-0.2, -0.15) is 0 Å². The number of aliphatic imine (C=N–C) groups is 1. The summed E-state index contributed by atoms with van der Waals surface area (Å²) < 4.78 is 0. The first-order chi connectivity index (χ1) is 5.16. The summed E-state index contributed by atoms with van der Waals surface area (Å²) in [5, 5.41) is 7.56. The van der Waals surface area contributed by atoms with E-state index in [9.17, 15) is 0 Å². The zero-order valence-corrected chi connectivity index (χ0v) is 6.68. The molecule has 58 valence electrons. The Bertz CT molecular complexity index is 278. The van der Waals surface area contributed by atoms with E-state index < -0.39 is 0 Å². The SMILES string of the molecule is C/N=C1\C(=N)C(C)=CC=C1N. The molecule has 0 spiro atoms. The summed E-state index contributed by atoms with van der Waals surface area (Å²) in [6, 6.07) is 0. The Morgan fingerprint density at radius 2 is 2.09 bits per heavy atom. The van der Waals surface area contributed by atoms with Crippen LogP contribution in [-0.4, -0.2) is 18.5 Å². The van der Waals surface area contributed by atoms with Crippen LogP contribution < -0.4 is 5.73 Å². The van der Waals surface area contributed by atoms with E-state index in [-0.39, 0.29) is 0 Å². The van der Waals surface area contributed by atoms with Gasteiger partial charge < -0.3 is 5.73 Å². The third-order valence-corrected chi connectivity index (χ3v) is 1.64. The van der Waals surface area contributed by atoms with Gasteiger partial charge in [-0.05, 0) is 18.6 Å². The molecule has 0 aromatic rings. The molecule has 11 heavy (non-hydrogen) atoms. The molecular formula is C8H11N3. The smallest absolute Gasteiger partial charge is 0.105 e. The predicted molar refractivity (Wildman–Crippen MR) is 47.1 cm³/mol. The molecule has 0 amide bonds. The monoisotopic (exact) mass is 149 g/mol. The van der Waals surface area contributed by atoms with Gasteiger partial charge >= 0.3 is 0 Å². The average molecular weight is 149 g/mol. The topological polar surface area (TPSA) is 62.2 Å². The van der Waals surface area contributed by atoms with Crippen LogP contribution >= 0.6 is 0 Å². The number of nitrogens with zero attached hydrogens (tertiary/aromatic N) is 1. The molecule has 0 aromatic carbocycles. The molecule has 3 N–H and O–H groups in total. The molecule has 0 radical (unpaired) electrons. The van der Waals surface area contributed by atoms with E-state index in [1.807, 2.05) is 13.0 Å². The van der Waals surface area contributed by atoms with Gasteiger partial charge in [0.05, 0.1) is 11.4 Å². The molecule has 0 fully saturated rings. The minimum atomic E-state index is 0.424. The van der Waals surface area contributed by atoms with E-state index in [1.54, 1.807) is 13.1 Å². The minimum Gasteiger partial charge on any atom is -0.397 e. The fraction of sp³-hybridized carbons (Fsp3) is 0.250. The van der Waals surface area contributed by atoms with Gasteiger partial charge in [-0.3, -0.25) is 10.4 Å². The molecule has 0 bridgehead atoms. The lowest BCUT2D eigenvalue weighted by Crippen LogP contribution is -2.24. The van der Waals surface area contributed by atoms with E-state index in [4.69, 9.17) is 11.1 Å². The fourth-order valence-electron chi connectivity index (χ4n) is 0.949. The minimum absolute atomic E-state index is 0.424. The Labute approximate surface area is 65.8 Å². The Balaban J connectivity index is 3.13. The molecule has 0 unspecified atom stereocenters. The van der Waals surface area contributed by atoms with Crippen molar-refractivity contribution in [3.05, 3.63) is 23.4 Å². The third-order valence-electron chi connectivity index (χ3n) is 1.64. The number of hydrogen-bond donors (Lipinski definition) is 2. The average Bonchev–Trinajstić information content (AvgIpc) is 1.99. The highest BCUT2D eigenvalue weighted by Crippen LogP contribution is 2.08. The summed E-state index contributed by atoms with van der Waals surface area (Å²) in [5.41, 5.74) is 8.07. The summed E-state index contributed by atoms with van der Waals surface area (Å²) in [6.07, 6.45) is 3.60. The van der Waals surface area contributed by atoms with Crippen molar-refractivity contribution >= 4 is 11.4 Å². The van der Waals surface area contributed by atoms with Crippen LogP contribution in [0, 0.1) is 5.41 Å². The predicted octanol–water partition coefficient (Wildman–Crippen LogP) is 0.879. The van der Waals surface area contributed by atoms with Gasteiger partial charge in [0.25, 0.3) is 0 Å². The summed E-state index contributed by atoms with van der Waals surface area (Å²) >= 11 is 0. The third kappa shape index (κ3) is 1.22. The summed E-state index contributed by atoms with van der Waals surface area (Å²) in [6.45, 7) is 1.87. The van der Waals surface area contributed by atoms with Crippen LogP contribution in [0.1, 0.15) is 6.92 Å². The largest absolute Gasteiger partial charge is 0.397 e. The van der Waals surface area contributed by atoms with Gasteiger partial charge in [0, 0.05) is 7.05 Å². The first-order valence-corrected chi connectivity index (χ1v) is 3.37. The molecule has 0 atom stereocenters. The Hall–Kier alpha value is -1.38. The van der Waals surface area contributed by atoms with Crippen molar-refractivity contribution in [1.29, 1.82) is 5.41 Å². The van der Waals surface area contributed by atoms with Crippen molar-refractivity contribution in [3.8, 4) is 0 Å². The normalized spacial score (nSPS) is 21.6. The van der Waals surface area contributed by atoms with Crippen molar-refractivity contribution in [2.75, 3.05) is 7.05 Å². The van der Waals surface area contributed by atoms with E-state index in [0.29, 0.717) is 17.1 Å². The maximum atomic E-state index is 7.56. The maximum absolute atomic E-state index is 7.56. The number of hydrogen-bond acceptors (Lipinski definition) is 3. The van der Waals surface area contributed by atoms with E-state index >= 15 is 0 Å². The van der Waals surface area contributed by atoms with Gasteiger partial charge in [-0.25, -0.2) is 0 Å². The fourth-order valence-corrected chi connectivity index (χ4v) is 0.949. The highest BCUT2D eigenvalue weighted by Gasteiger charge is 2.13. The standard InChI is InChI=1S/C8H11N3/c1-5-3-4-6(9)8(11-2)7(5)10/h3-4,10H,9H2,1-2H3/b10-7?,11-8-. The van der Waals surface area contributed by atoms with Crippen LogP contribution in [0.2, 0.25) is 0 Å². The molecule has 0 aromatic heterocycles. The molecule has 1 aliphatic rings. The van der Waals surface area contributed by atoms with Crippen LogP contribution in [0.5, 0.6) is 0 Å². The molecule has 0 heterocycles. The van der Waals surface area contributed by atoms with Crippen molar-refractivity contribution in [3.63, 3.8) is 0 Å². The zero-order chi connectivity index (χ0) is 8.43. The Morgan fingerprint density at radius 3 is 2.55 bits per heavy atom. The summed E-state index contributed by atoms with van der Waals surface area (Å²) in [4.78, 5) is 3.92. The van der Waals surface area contributed by atoms with Crippen LogP contribution in [-0.2, 0) is 0 Å². The van der Waals surface area contributed by atoms with E-state index in [0.717, 1.165) is 5.57 Å². The van der Waals surface area contributed by atoms with Crippen LogP contribution in [0.4, 0.5) is 0 Å². The van der Waals surface area contributed by atoms with Gasteiger partial charge in [0.15, 0.2) is 0 Å². The van der Waals surface area contributed by atoms with Crippen molar-refractivity contribution in [1.82, 2.24) is 0 Å².